The van der Waals surface area contributed by atoms with E-state index in [2.05, 4.69) is 45.7 Å². The Morgan fingerprint density at radius 3 is 2.33 bits per heavy atom. The summed E-state index contributed by atoms with van der Waals surface area (Å²) in [5.41, 5.74) is 1.01. The van der Waals surface area contributed by atoms with Crippen molar-refractivity contribution in [3.8, 4) is 0 Å². The summed E-state index contributed by atoms with van der Waals surface area (Å²) in [6.07, 6.45) is 2.79. The Morgan fingerprint density at radius 2 is 1.93 bits per heavy atom. The minimum Gasteiger partial charge on any atom is -0.388 e. The number of hydrogen-bond acceptors (Lipinski definition) is 2. The zero-order chi connectivity index (χ0) is 11.4. The number of hydrogen-bond donors (Lipinski definition) is 1. The Hall–Kier alpha value is 0.620. The Bertz CT molecular complexity index is 308. The van der Waals surface area contributed by atoms with Gasteiger partial charge in [-0.2, -0.15) is 0 Å². The van der Waals surface area contributed by atoms with Crippen molar-refractivity contribution in [2.75, 3.05) is 0 Å². The standard InChI is InChI=1S/C11H16Br2OS/c1-3-7(4-2)5-9(14)8-6-10(12)15-11(8)13/h6-7,9,14H,3-5H2,1-2H3. The van der Waals surface area contributed by atoms with E-state index >= 15 is 0 Å². The highest BCUT2D eigenvalue weighted by Crippen LogP contribution is 2.38. The first-order valence-electron chi connectivity index (χ1n) is 5.21. The van der Waals surface area contributed by atoms with Gasteiger partial charge >= 0.3 is 0 Å². The molecule has 0 amide bonds. The maximum absolute atomic E-state index is 10.1. The molecule has 1 N–H and O–H groups in total. The topological polar surface area (TPSA) is 20.2 Å². The van der Waals surface area contributed by atoms with Crippen LogP contribution in [0.25, 0.3) is 0 Å². The van der Waals surface area contributed by atoms with E-state index in [1.165, 1.54) is 0 Å². The highest BCUT2D eigenvalue weighted by Gasteiger charge is 2.17. The summed E-state index contributed by atoms with van der Waals surface area (Å²) < 4.78 is 2.10. The molecule has 0 radical (unpaired) electrons. The van der Waals surface area contributed by atoms with Gasteiger partial charge < -0.3 is 5.11 Å². The van der Waals surface area contributed by atoms with Gasteiger partial charge in [0.15, 0.2) is 0 Å². The van der Waals surface area contributed by atoms with Crippen LogP contribution in [0.1, 0.15) is 44.8 Å². The van der Waals surface area contributed by atoms with Gasteiger partial charge in [-0.3, -0.25) is 0 Å². The van der Waals surface area contributed by atoms with Gasteiger partial charge in [0, 0.05) is 5.56 Å². The molecule has 86 valence electrons. The van der Waals surface area contributed by atoms with Gasteiger partial charge in [-0.25, -0.2) is 0 Å². The molecule has 0 saturated carbocycles. The summed E-state index contributed by atoms with van der Waals surface area (Å²) in [5, 5.41) is 10.1. The quantitative estimate of drug-likeness (QED) is 0.775. The number of thiophene rings is 1. The van der Waals surface area contributed by atoms with E-state index in [4.69, 9.17) is 0 Å². The fourth-order valence-electron chi connectivity index (χ4n) is 1.64. The fraction of sp³-hybridized carbons (Fsp3) is 0.636. The van der Waals surface area contributed by atoms with Crippen LogP contribution < -0.4 is 0 Å². The molecule has 0 fully saturated rings. The molecule has 0 aromatic carbocycles. The molecule has 0 aliphatic rings. The van der Waals surface area contributed by atoms with E-state index in [0.717, 1.165) is 32.4 Å². The number of rotatable bonds is 5. The molecule has 0 spiro atoms. The van der Waals surface area contributed by atoms with Crippen LogP contribution in [0, 0.1) is 5.92 Å². The zero-order valence-electron chi connectivity index (χ0n) is 8.96. The highest BCUT2D eigenvalue weighted by atomic mass is 79.9. The first-order chi connectivity index (χ1) is 7.08. The van der Waals surface area contributed by atoms with Crippen molar-refractivity contribution in [3.63, 3.8) is 0 Å². The van der Waals surface area contributed by atoms with Crippen LogP contribution in [-0.2, 0) is 0 Å². The molecule has 1 heterocycles. The predicted octanol–water partition coefficient (Wildman–Crippen LogP) is 5.13. The first kappa shape index (κ1) is 13.7. The third kappa shape index (κ3) is 3.84. The fourth-order valence-corrected chi connectivity index (χ4v) is 4.60. The van der Waals surface area contributed by atoms with Crippen LogP contribution >= 0.6 is 43.2 Å². The molecule has 1 aromatic heterocycles. The molecule has 0 saturated heterocycles. The van der Waals surface area contributed by atoms with Gasteiger partial charge in [-0.15, -0.1) is 11.3 Å². The van der Waals surface area contributed by atoms with Crippen LogP contribution in [-0.4, -0.2) is 5.11 Å². The average Bonchev–Trinajstić information content (AvgIpc) is 2.54. The Labute approximate surface area is 112 Å². The van der Waals surface area contributed by atoms with E-state index in [-0.39, 0.29) is 6.10 Å². The molecular formula is C11H16Br2OS. The van der Waals surface area contributed by atoms with Crippen molar-refractivity contribution in [2.45, 2.75) is 39.2 Å². The lowest BCUT2D eigenvalue weighted by Gasteiger charge is -2.16. The van der Waals surface area contributed by atoms with Gasteiger partial charge in [-0.05, 0) is 50.3 Å². The largest absolute Gasteiger partial charge is 0.388 e. The van der Waals surface area contributed by atoms with Crippen molar-refractivity contribution in [1.82, 2.24) is 0 Å². The van der Waals surface area contributed by atoms with Gasteiger partial charge in [-0.1, -0.05) is 26.7 Å². The molecule has 0 bridgehead atoms. The summed E-state index contributed by atoms with van der Waals surface area (Å²) >= 11 is 8.52. The summed E-state index contributed by atoms with van der Waals surface area (Å²) in [6.45, 7) is 4.36. The highest BCUT2D eigenvalue weighted by molar-refractivity contribution is 9.12. The van der Waals surface area contributed by atoms with Crippen molar-refractivity contribution < 1.29 is 5.11 Å². The Morgan fingerprint density at radius 1 is 1.33 bits per heavy atom. The molecule has 4 heteroatoms. The maximum Gasteiger partial charge on any atom is 0.0812 e. The van der Waals surface area contributed by atoms with Gasteiger partial charge in [0.2, 0.25) is 0 Å². The normalized spacial score (nSPS) is 13.5. The number of aliphatic hydroxyl groups is 1. The monoisotopic (exact) mass is 354 g/mol. The summed E-state index contributed by atoms with van der Waals surface area (Å²) in [7, 11) is 0. The van der Waals surface area contributed by atoms with Crippen LogP contribution in [0.4, 0.5) is 0 Å². The molecule has 1 atom stereocenters. The SMILES string of the molecule is CCC(CC)CC(O)c1cc(Br)sc1Br. The Balaban J connectivity index is 2.67. The first-order valence-corrected chi connectivity index (χ1v) is 7.61. The molecule has 15 heavy (non-hydrogen) atoms. The lowest BCUT2D eigenvalue weighted by Crippen LogP contribution is -2.05. The minimum absolute atomic E-state index is 0.341. The van der Waals surface area contributed by atoms with Crippen LogP contribution in [0.15, 0.2) is 13.6 Å². The lowest BCUT2D eigenvalue weighted by atomic mass is 9.94. The second-order valence-electron chi connectivity index (χ2n) is 3.71. The molecule has 1 rings (SSSR count). The molecule has 0 aliphatic carbocycles. The smallest absolute Gasteiger partial charge is 0.0812 e. The molecular weight excluding hydrogens is 340 g/mol. The predicted molar refractivity (Wildman–Crippen MR) is 73.4 cm³/mol. The Kier molecular flexibility index (Phi) is 5.82. The van der Waals surface area contributed by atoms with Crippen LogP contribution in [0.3, 0.4) is 0 Å². The van der Waals surface area contributed by atoms with Crippen molar-refractivity contribution in [3.05, 3.63) is 19.2 Å². The third-order valence-electron chi connectivity index (χ3n) is 2.75. The molecule has 0 aliphatic heterocycles. The van der Waals surface area contributed by atoms with E-state index < -0.39 is 0 Å². The van der Waals surface area contributed by atoms with Gasteiger partial charge in [0.25, 0.3) is 0 Å². The number of halogens is 2. The summed E-state index contributed by atoms with van der Waals surface area (Å²) in [6, 6.07) is 2.00. The van der Waals surface area contributed by atoms with Crippen molar-refractivity contribution in [2.24, 2.45) is 5.92 Å². The van der Waals surface area contributed by atoms with Gasteiger partial charge in [0.1, 0.15) is 0 Å². The van der Waals surface area contributed by atoms with Crippen LogP contribution in [0.2, 0.25) is 0 Å². The van der Waals surface area contributed by atoms with E-state index in [1.54, 1.807) is 11.3 Å². The van der Waals surface area contributed by atoms with E-state index in [9.17, 15) is 5.11 Å². The second-order valence-corrected chi connectivity index (χ2v) is 7.46. The van der Waals surface area contributed by atoms with E-state index in [1.807, 2.05) is 6.07 Å². The van der Waals surface area contributed by atoms with E-state index in [0.29, 0.717) is 5.92 Å². The van der Waals surface area contributed by atoms with Crippen molar-refractivity contribution >= 4 is 43.2 Å². The molecule has 1 nitrogen and oxygen atoms in total. The summed E-state index contributed by atoms with van der Waals surface area (Å²) in [5.74, 6) is 0.616. The summed E-state index contributed by atoms with van der Waals surface area (Å²) in [4.78, 5) is 0. The van der Waals surface area contributed by atoms with Crippen molar-refractivity contribution in [1.29, 1.82) is 0 Å². The zero-order valence-corrected chi connectivity index (χ0v) is 13.0. The van der Waals surface area contributed by atoms with Gasteiger partial charge in [0.05, 0.1) is 13.7 Å². The maximum atomic E-state index is 10.1. The van der Waals surface area contributed by atoms with Crippen LogP contribution in [0.5, 0.6) is 0 Å². The molecule has 1 aromatic rings. The third-order valence-corrected chi connectivity index (χ3v) is 5.14. The second kappa shape index (κ2) is 6.38. The lowest BCUT2D eigenvalue weighted by molar-refractivity contribution is 0.141. The minimum atomic E-state index is -0.341. The molecule has 1 unspecified atom stereocenters. The average molecular weight is 356 g/mol. The number of aliphatic hydroxyl groups excluding tert-OH is 1.